The van der Waals surface area contributed by atoms with Gasteiger partial charge in [0.15, 0.2) is 0 Å². The van der Waals surface area contributed by atoms with Crippen LogP contribution in [0.1, 0.15) is 36.9 Å². The number of carbonyl (C=O) groups excluding carboxylic acids is 1. The molecule has 1 fully saturated rings. The molecule has 0 saturated carbocycles. The minimum absolute atomic E-state index is 0. The molecule has 0 bridgehead atoms. The van der Waals surface area contributed by atoms with E-state index in [1.807, 2.05) is 17.9 Å². The highest BCUT2D eigenvalue weighted by molar-refractivity contribution is 6.35. The van der Waals surface area contributed by atoms with Crippen LogP contribution < -0.4 is 5.73 Å². The second-order valence-electron chi connectivity index (χ2n) is 5.97. The van der Waals surface area contributed by atoms with Gasteiger partial charge in [0.25, 0.3) is 5.91 Å². The number of amides is 1. The van der Waals surface area contributed by atoms with E-state index in [9.17, 15) is 4.79 Å². The topological polar surface area (TPSA) is 55.6 Å². The van der Waals surface area contributed by atoms with E-state index in [4.69, 9.17) is 33.7 Å². The maximum atomic E-state index is 12.7. The van der Waals surface area contributed by atoms with E-state index < -0.39 is 0 Å². The van der Waals surface area contributed by atoms with E-state index >= 15 is 0 Å². The molecule has 1 aromatic rings. The number of nitrogens with two attached hydrogens (primary N) is 1. The van der Waals surface area contributed by atoms with Crippen LogP contribution in [-0.2, 0) is 16.0 Å². The average molecular weight is 380 g/mol. The summed E-state index contributed by atoms with van der Waals surface area (Å²) in [6.45, 7) is 3.13. The maximum absolute atomic E-state index is 12.7. The van der Waals surface area contributed by atoms with Gasteiger partial charge in [0.2, 0.25) is 0 Å². The van der Waals surface area contributed by atoms with E-state index in [1.165, 1.54) is 0 Å². The smallest absolute Gasteiger partial charge is 0.252 e. The number of benzene rings is 1. The van der Waals surface area contributed by atoms with Crippen molar-refractivity contribution in [2.45, 2.75) is 44.4 Å². The van der Waals surface area contributed by atoms with Crippen molar-refractivity contribution in [3.05, 3.63) is 33.3 Å². The van der Waals surface area contributed by atoms with Gasteiger partial charge in [-0.25, -0.2) is 0 Å². The van der Waals surface area contributed by atoms with Gasteiger partial charge in [-0.3, -0.25) is 4.79 Å². The van der Waals surface area contributed by atoms with Crippen LogP contribution in [0.3, 0.4) is 0 Å². The van der Waals surface area contributed by atoms with Gasteiger partial charge in [-0.1, -0.05) is 23.2 Å². The summed E-state index contributed by atoms with van der Waals surface area (Å²) < 4.78 is 5.74. The minimum atomic E-state index is -0.368. The summed E-state index contributed by atoms with van der Waals surface area (Å²) in [4.78, 5) is 14.6. The third-order valence-corrected chi connectivity index (χ3v) is 5.20. The quantitative estimate of drug-likeness (QED) is 0.857. The van der Waals surface area contributed by atoms with Gasteiger partial charge in [0.1, 0.15) is 6.10 Å². The molecule has 0 spiro atoms. The molecule has 1 amide bonds. The zero-order valence-electron chi connectivity index (χ0n) is 12.9. The zero-order chi connectivity index (χ0) is 15.9. The van der Waals surface area contributed by atoms with Crippen molar-refractivity contribution < 1.29 is 9.53 Å². The van der Waals surface area contributed by atoms with Crippen LogP contribution in [0, 0.1) is 0 Å². The minimum Gasteiger partial charge on any atom is -0.364 e. The Morgan fingerprint density at radius 1 is 1.39 bits per heavy atom. The Bertz CT molecular complexity index is 597. The SMILES string of the molecule is CC1c2cc(Cl)cc(Cl)c2CCN1C(=O)[C@@H]1CC[C@H](CN)O1.Cl. The van der Waals surface area contributed by atoms with Crippen molar-refractivity contribution in [1.82, 2.24) is 4.90 Å². The van der Waals surface area contributed by atoms with Crippen molar-refractivity contribution in [2.24, 2.45) is 5.73 Å². The lowest BCUT2D eigenvalue weighted by Crippen LogP contribution is -2.44. The summed E-state index contributed by atoms with van der Waals surface area (Å²) in [6, 6.07) is 3.62. The van der Waals surface area contributed by atoms with E-state index in [-0.39, 0.29) is 36.6 Å². The maximum Gasteiger partial charge on any atom is 0.252 e. The van der Waals surface area contributed by atoms with Crippen LogP contribution in [0.15, 0.2) is 12.1 Å². The molecular formula is C16H21Cl3N2O2. The third kappa shape index (κ3) is 3.62. The van der Waals surface area contributed by atoms with Crippen LogP contribution >= 0.6 is 35.6 Å². The fourth-order valence-corrected chi connectivity index (χ4v) is 4.00. The molecule has 23 heavy (non-hydrogen) atoms. The van der Waals surface area contributed by atoms with E-state index in [1.54, 1.807) is 6.07 Å². The number of halogens is 3. The Kier molecular flexibility index (Phi) is 6.20. The second kappa shape index (κ2) is 7.58. The van der Waals surface area contributed by atoms with Crippen molar-refractivity contribution in [1.29, 1.82) is 0 Å². The highest BCUT2D eigenvalue weighted by atomic mass is 35.5. The normalized spacial score (nSPS) is 26.6. The van der Waals surface area contributed by atoms with Gasteiger partial charge >= 0.3 is 0 Å². The van der Waals surface area contributed by atoms with Crippen LogP contribution in [0.4, 0.5) is 0 Å². The zero-order valence-corrected chi connectivity index (χ0v) is 15.3. The lowest BCUT2D eigenvalue weighted by Gasteiger charge is -2.37. The summed E-state index contributed by atoms with van der Waals surface area (Å²) in [5.41, 5.74) is 7.74. The number of nitrogens with zero attached hydrogens (tertiary/aromatic N) is 1. The van der Waals surface area contributed by atoms with Gasteiger partial charge in [-0.2, -0.15) is 0 Å². The van der Waals surface area contributed by atoms with Crippen LogP contribution in [-0.4, -0.2) is 36.1 Å². The number of fused-ring (bicyclic) bond motifs is 1. The molecule has 3 rings (SSSR count). The molecule has 0 radical (unpaired) electrons. The molecule has 1 aromatic carbocycles. The van der Waals surface area contributed by atoms with Crippen molar-refractivity contribution >= 4 is 41.5 Å². The van der Waals surface area contributed by atoms with Crippen molar-refractivity contribution in [3.8, 4) is 0 Å². The van der Waals surface area contributed by atoms with E-state index in [0.29, 0.717) is 23.1 Å². The summed E-state index contributed by atoms with van der Waals surface area (Å²) >= 11 is 12.4. The Labute approximate surface area is 152 Å². The van der Waals surface area contributed by atoms with Gasteiger partial charge in [-0.05, 0) is 49.4 Å². The molecule has 2 heterocycles. The second-order valence-corrected chi connectivity index (χ2v) is 6.82. The lowest BCUT2D eigenvalue weighted by atomic mass is 9.93. The molecule has 0 aliphatic carbocycles. The number of hydrogen-bond donors (Lipinski definition) is 1. The van der Waals surface area contributed by atoms with Gasteiger partial charge in [0, 0.05) is 23.1 Å². The number of ether oxygens (including phenoxy) is 1. The summed E-state index contributed by atoms with van der Waals surface area (Å²) in [6.07, 6.45) is 1.97. The molecule has 0 aromatic heterocycles. The van der Waals surface area contributed by atoms with Crippen molar-refractivity contribution in [3.63, 3.8) is 0 Å². The first-order valence-corrected chi connectivity index (χ1v) is 8.40. The van der Waals surface area contributed by atoms with Gasteiger partial charge in [-0.15, -0.1) is 12.4 Å². The van der Waals surface area contributed by atoms with E-state index in [2.05, 4.69) is 0 Å². The summed E-state index contributed by atoms with van der Waals surface area (Å²) in [5.74, 6) is 0.0465. The summed E-state index contributed by atoms with van der Waals surface area (Å²) in [5, 5.41) is 1.28. The fourth-order valence-electron chi connectivity index (χ4n) is 3.40. The van der Waals surface area contributed by atoms with Gasteiger partial charge < -0.3 is 15.4 Å². The lowest BCUT2D eigenvalue weighted by molar-refractivity contribution is -0.145. The molecule has 4 nitrogen and oxygen atoms in total. The number of rotatable bonds is 2. The molecule has 2 N–H and O–H groups in total. The molecule has 3 atom stereocenters. The number of carbonyl (C=O) groups is 1. The molecule has 128 valence electrons. The Morgan fingerprint density at radius 2 is 2.13 bits per heavy atom. The molecular weight excluding hydrogens is 359 g/mol. The van der Waals surface area contributed by atoms with Gasteiger partial charge in [0.05, 0.1) is 12.1 Å². The third-order valence-electron chi connectivity index (χ3n) is 4.64. The molecule has 1 saturated heterocycles. The number of hydrogen-bond acceptors (Lipinski definition) is 3. The van der Waals surface area contributed by atoms with Crippen molar-refractivity contribution in [2.75, 3.05) is 13.1 Å². The van der Waals surface area contributed by atoms with Crippen LogP contribution in [0.2, 0.25) is 10.0 Å². The average Bonchev–Trinajstić information content (AvgIpc) is 2.96. The molecule has 2 aliphatic heterocycles. The Morgan fingerprint density at radius 3 is 2.78 bits per heavy atom. The predicted molar refractivity (Wildman–Crippen MR) is 94.5 cm³/mol. The molecule has 7 heteroatoms. The highest BCUT2D eigenvalue weighted by Gasteiger charge is 2.37. The molecule has 2 aliphatic rings. The highest BCUT2D eigenvalue weighted by Crippen LogP contribution is 2.37. The summed E-state index contributed by atoms with van der Waals surface area (Å²) in [7, 11) is 0. The Hall–Kier alpha value is -0.520. The first-order valence-electron chi connectivity index (χ1n) is 7.65. The predicted octanol–water partition coefficient (Wildman–Crippen LogP) is 3.37. The van der Waals surface area contributed by atoms with Crippen LogP contribution in [0.5, 0.6) is 0 Å². The monoisotopic (exact) mass is 378 g/mol. The first kappa shape index (κ1) is 18.8. The largest absolute Gasteiger partial charge is 0.364 e. The molecule has 1 unspecified atom stereocenters. The van der Waals surface area contributed by atoms with Crippen LogP contribution in [0.25, 0.3) is 0 Å². The standard InChI is InChI=1S/C16H20Cl2N2O2.ClH/c1-9-13-6-10(17)7-14(18)12(13)4-5-20(9)16(21)15-3-2-11(8-19)22-15;/h6-7,9,11,15H,2-5,8,19H2,1H3;1H/t9?,11-,15+;/m1./s1. The first-order chi connectivity index (χ1) is 10.5. The van der Waals surface area contributed by atoms with E-state index in [0.717, 1.165) is 30.4 Å². The fraction of sp³-hybridized carbons (Fsp3) is 0.562. The Balaban J connectivity index is 0.00000192.